The minimum atomic E-state index is -0.0286. The summed E-state index contributed by atoms with van der Waals surface area (Å²) in [5.74, 6) is 0. The summed E-state index contributed by atoms with van der Waals surface area (Å²) in [6.07, 6.45) is 1.66. The molecule has 2 heterocycles. The third-order valence-corrected chi connectivity index (χ3v) is 4.33. The molecule has 23 heavy (non-hydrogen) atoms. The molecular formula is C19H17N3O. The maximum atomic E-state index is 12.7. The average Bonchev–Trinajstić information content (AvgIpc) is 2.88. The number of rotatable bonds is 2. The lowest BCUT2D eigenvalue weighted by atomic mass is 10.1. The van der Waals surface area contributed by atoms with Gasteiger partial charge in [0.15, 0.2) is 0 Å². The van der Waals surface area contributed by atoms with Gasteiger partial charge in [0, 0.05) is 11.6 Å². The van der Waals surface area contributed by atoms with E-state index in [0.717, 1.165) is 22.0 Å². The Morgan fingerprint density at radius 2 is 1.91 bits per heavy atom. The third kappa shape index (κ3) is 2.23. The first kappa shape index (κ1) is 13.8. The van der Waals surface area contributed by atoms with E-state index in [2.05, 4.69) is 42.1 Å². The molecule has 0 aliphatic heterocycles. The van der Waals surface area contributed by atoms with Crippen LogP contribution >= 0.6 is 0 Å². The topological polar surface area (TPSA) is 50.7 Å². The number of hydrogen-bond acceptors (Lipinski definition) is 2. The highest BCUT2D eigenvalue weighted by Gasteiger charge is 2.11. The zero-order valence-corrected chi connectivity index (χ0v) is 13.1. The van der Waals surface area contributed by atoms with Crippen LogP contribution in [-0.4, -0.2) is 14.8 Å². The number of aromatic amines is 1. The van der Waals surface area contributed by atoms with E-state index in [9.17, 15) is 4.79 Å². The first-order chi connectivity index (χ1) is 11.1. The van der Waals surface area contributed by atoms with Gasteiger partial charge in [0.1, 0.15) is 0 Å². The number of benzene rings is 2. The fraction of sp³-hybridized carbons (Fsp3) is 0.158. The SMILES string of the molecule is Cc1ccc(C)c(Cn2[nH]c3c(cnc4ccccc43)c2=O)c1. The molecule has 0 spiro atoms. The molecule has 114 valence electrons. The standard InChI is InChI=1S/C19H17N3O/c1-12-7-8-13(2)14(9-12)11-22-19(23)16-10-20-17-6-4-3-5-15(17)18(16)21-22/h3-10,21H,11H2,1-2H3. The van der Waals surface area contributed by atoms with Crippen LogP contribution in [0.3, 0.4) is 0 Å². The summed E-state index contributed by atoms with van der Waals surface area (Å²) in [5.41, 5.74) is 5.24. The molecule has 2 aromatic carbocycles. The molecule has 0 unspecified atom stereocenters. The van der Waals surface area contributed by atoms with Gasteiger partial charge < -0.3 is 0 Å². The molecule has 4 aromatic rings. The smallest absolute Gasteiger partial charge is 0.276 e. The highest BCUT2D eigenvalue weighted by Crippen LogP contribution is 2.20. The zero-order valence-electron chi connectivity index (χ0n) is 13.1. The monoisotopic (exact) mass is 303 g/mol. The fourth-order valence-electron chi connectivity index (χ4n) is 3.01. The minimum absolute atomic E-state index is 0.0286. The normalized spacial score (nSPS) is 11.4. The van der Waals surface area contributed by atoms with Crippen molar-refractivity contribution in [1.82, 2.24) is 14.8 Å². The molecule has 0 atom stereocenters. The summed E-state index contributed by atoms with van der Waals surface area (Å²) in [6, 6.07) is 14.2. The molecule has 0 fully saturated rings. The molecule has 0 saturated heterocycles. The Bertz CT molecular complexity index is 1090. The Morgan fingerprint density at radius 3 is 2.78 bits per heavy atom. The Morgan fingerprint density at radius 1 is 1.09 bits per heavy atom. The second-order valence-corrected chi connectivity index (χ2v) is 6.00. The van der Waals surface area contributed by atoms with Gasteiger partial charge in [0.2, 0.25) is 0 Å². The molecule has 0 aliphatic carbocycles. The highest BCUT2D eigenvalue weighted by atomic mass is 16.1. The van der Waals surface area contributed by atoms with Gasteiger partial charge in [-0.1, -0.05) is 42.0 Å². The van der Waals surface area contributed by atoms with Crippen molar-refractivity contribution in [1.29, 1.82) is 0 Å². The number of nitrogens with one attached hydrogen (secondary N) is 1. The van der Waals surface area contributed by atoms with Gasteiger partial charge in [-0.2, -0.15) is 0 Å². The van der Waals surface area contributed by atoms with Gasteiger partial charge >= 0.3 is 0 Å². The van der Waals surface area contributed by atoms with Gasteiger partial charge in [-0.3, -0.25) is 14.9 Å². The van der Waals surface area contributed by atoms with Crippen LogP contribution in [0.4, 0.5) is 0 Å². The highest BCUT2D eigenvalue weighted by molar-refractivity contribution is 6.02. The molecule has 2 aromatic heterocycles. The summed E-state index contributed by atoms with van der Waals surface area (Å²) >= 11 is 0. The van der Waals surface area contributed by atoms with Crippen molar-refractivity contribution in [2.24, 2.45) is 0 Å². The lowest BCUT2D eigenvalue weighted by molar-refractivity contribution is 0.670. The van der Waals surface area contributed by atoms with Crippen LogP contribution in [0.25, 0.3) is 21.8 Å². The van der Waals surface area contributed by atoms with E-state index in [4.69, 9.17) is 0 Å². The second-order valence-electron chi connectivity index (χ2n) is 6.00. The number of pyridine rings is 1. The van der Waals surface area contributed by atoms with E-state index < -0.39 is 0 Å². The van der Waals surface area contributed by atoms with Crippen LogP contribution in [0.5, 0.6) is 0 Å². The third-order valence-electron chi connectivity index (χ3n) is 4.33. The summed E-state index contributed by atoms with van der Waals surface area (Å²) in [6.45, 7) is 4.67. The molecule has 0 radical (unpaired) electrons. The average molecular weight is 303 g/mol. The molecule has 0 amide bonds. The Balaban J connectivity index is 1.91. The molecule has 1 N–H and O–H groups in total. The van der Waals surface area contributed by atoms with Gasteiger partial charge in [0.05, 0.1) is 23.0 Å². The van der Waals surface area contributed by atoms with Crippen LogP contribution in [-0.2, 0) is 6.54 Å². The van der Waals surface area contributed by atoms with E-state index in [1.165, 1.54) is 11.1 Å². The number of para-hydroxylation sites is 1. The number of H-pyrrole nitrogens is 1. The first-order valence-corrected chi connectivity index (χ1v) is 7.66. The van der Waals surface area contributed by atoms with Crippen molar-refractivity contribution in [3.63, 3.8) is 0 Å². The minimum Gasteiger partial charge on any atom is -0.294 e. The van der Waals surface area contributed by atoms with E-state index >= 15 is 0 Å². The largest absolute Gasteiger partial charge is 0.294 e. The van der Waals surface area contributed by atoms with Crippen molar-refractivity contribution in [2.75, 3.05) is 0 Å². The Labute approximate surface area is 133 Å². The number of aryl methyl sites for hydroxylation is 2. The number of hydrogen-bond donors (Lipinski definition) is 1. The van der Waals surface area contributed by atoms with Crippen molar-refractivity contribution in [2.45, 2.75) is 20.4 Å². The predicted octanol–water partition coefficient (Wildman–Crippen LogP) is 3.54. The predicted molar refractivity (Wildman–Crippen MR) is 92.9 cm³/mol. The van der Waals surface area contributed by atoms with E-state index in [1.807, 2.05) is 24.3 Å². The van der Waals surface area contributed by atoms with Crippen molar-refractivity contribution >= 4 is 21.8 Å². The van der Waals surface area contributed by atoms with E-state index in [-0.39, 0.29) is 5.56 Å². The fourth-order valence-corrected chi connectivity index (χ4v) is 3.01. The molecule has 0 bridgehead atoms. The molecule has 0 saturated carbocycles. The Hall–Kier alpha value is -2.88. The first-order valence-electron chi connectivity index (χ1n) is 7.66. The molecule has 4 nitrogen and oxygen atoms in total. The lowest BCUT2D eigenvalue weighted by Crippen LogP contribution is -2.17. The van der Waals surface area contributed by atoms with Crippen LogP contribution < -0.4 is 5.56 Å². The lowest BCUT2D eigenvalue weighted by Gasteiger charge is -2.07. The Kier molecular flexibility index (Phi) is 3.05. The summed E-state index contributed by atoms with van der Waals surface area (Å²) in [4.78, 5) is 17.1. The van der Waals surface area contributed by atoms with Gasteiger partial charge in [-0.05, 0) is 31.0 Å². The quantitative estimate of drug-likeness (QED) is 0.616. The van der Waals surface area contributed by atoms with E-state index in [0.29, 0.717) is 11.9 Å². The van der Waals surface area contributed by atoms with Crippen molar-refractivity contribution in [3.8, 4) is 0 Å². The number of fused-ring (bicyclic) bond motifs is 3. The van der Waals surface area contributed by atoms with Gasteiger partial charge in [0.25, 0.3) is 5.56 Å². The molecule has 4 rings (SSSR count). The van der Waals surface area contributed by atoms with Crippen molar-refractivity contribution < 1.29 is 0 Å². The zero-order chi connectivity index (χ0) is 16.0. The van der Waals surface area contributed by atoms with Gasteiger partial charge in [-0.25, -0.2) is 4.68 Å². The second kappa shape index (κ2) is 5.09. The molecule has 0 aliphatic rings. The number of aromatic nitrogens is 3. The summed E-state index contributed by atoms with van der Waals surface area (Å²) < 4.78 is 1.67. The maximum absolute atomic E-state index is 12.7. The van der Waals surface area contributed by atoms with Crippen LogP contribution in [0.1, 0.15) is 16.7 Å². The molecular weight excluding hydrogens is 286 g/mol. The van der Waals surface area contributed by atoms with Crippen LogP contribution in [0, 0.1) is 13.8 Å². The van der Waals surface area contributed by atoms with Gasteiger partial charge in [-0.15, -0.1) is 0 Å². The molecule has 4 heteroatoms. The number of nitrogens with zero attached hydrogens (tertiary/aromatic N) is 2. The van der Waals surface area contributed by atoms with Crippen molar-refractivity contribution in [3.05, 3.63) is 75.7 Å². The maximum Gasteiger partial charge on any atom is 0.276 e. The summed E-state index contributed by atoms with van der Waals surface area (Å²) in [5, 5.41) is 4.87. The van der Waals surface area contributed by atoms with Crippen LogP contribution in [0.15, 0.2) is 53.5 Å². The summed E-state index contributed by atoms with van der Waals surface area (Å²) in [7, 11) is 0. The van der Waals surface area contributed by atoms with Crippen LogP contribution in [0.2, 0.25) is 0 Å². The van der Waals surface area contributed by atoms with E-state index in [1.54, 1.807) is 10.9 Å².